The van der Waals surface area contributed by atoms with Gasteiger partial charge in [-0.2, -0.15) is 9.78 Å². The Morgan fingerprint density at radius 3 is 2.13 bits per heavy atom. The fourth-order valence-corrected chi connectivity index (χ4v) is 3.74. The number of benzene rings is 3. The molecule has 0 bridgehead atoms. The van der Waals surface area contributed by atoms with Gasteiger partial charge in [0.15, 0.2) is 9.84 Å². The number of aromatic nitrogens is 2. The van der Waals surface area contributed by atoms with Crippen LogP contribution in [0.2, 0.25) is 0 Å². The lowest BCUT2D eigenvalue weighted by molar-refractivity contribution is 0.251. The van der Waals surface area contributed by atoms with Gasteiger partial charge < -0.3 is 5.32 Å². The molecule has 0 saturated carbocycles. The Bertz CT molecular complexity index is 1330. The molecule has 0 spiro atoms. The molecule has 7 heteroatoms. The van der Waals surface area contributed by atoms with Crippen LogP contribution in [0.1, 0.15) is 5.56 Å². The zero-order valence-electron chi connectivity index (χ0n) is 17.0. The van der Waals surface area contributed by atoms with Gasteiger partial charge in [0.25, 0.3) is 0 Å². The van der Waals surface area contributed by atoms with E-state index in [4.69, 9.17) is 0 Å². The smallest absolute Gasteiger partial charge is 0.306 e. The highest BCUT2D eigenvalue weighted by Crippen LogP contribution is 2.31. The summed E-state index contributed by atoms with van der Waals surface area (Å²) in [6, 6.07) is 22.9. The molecular formula is C24H20N3O3S. The van der Waals surface area contributed by atoms with E-state index in [2.05, 4.69) is 16.6 Å². The van der Waals surface area contributed by atoms with Crippen molar-refractivity contribution in [1.29, 1.82) is 0 Å². The molecule has 1 radical (unpaired) electrons. The topological polar surface area (TPSA) is 81.1 Å². The maximum absolute atomic E-state index is 12.8. The van der Waals surface area contributed by atoms with Crippen molar-refractivity contribution in [3.63, 3.8) is 0 Å². The first kappa shape index (κ1) is 20.6. The summed E-state index contributed by atoms with van der Waals surface area (Å²) in [6.45, 7) is 2.00. The molecule has 155 valence electrons. The lowest BCUT2D eigenvalue weighted by Gasteiger charge is -2.05. The maximum Gasteiger partial charge on any atom is 0.347 e. The molecule has 1 amide bonds. The minimum atomic E-state index is -3.31. The van der Waals surface area contributed by atoms with Crippen molar-refractivity contribution >= 4 is 21.6 Å². The van der Waals surface area contributed by atoms with Gasteiger partial charge in [-0.1, -0.05) is 60.2 Å². The predicted octanol–water partition coefficient (Wildman–Crippen LogP) is 4.81. The molecule has 4 aromatic rings. The highest BCUT2D eigenvalue weighted by atomic mass is 32.2. The zero-order valence-corrected chi connectivity index (χ0v) is 17.8. The van der Waals surface area contributed by atoms with E-state index in [9.17, 15) is 13.2 Å². The first-order valence-corrected chi connectivity index (χ1v) is 11.5. The summed E-state index contributed by atoms with van der Waals surface area (Å²) in [7, 11) is -3.31. The second kappa shape index (κ2) is 8.20. The summed E-state index contributed by atoms with van der Waals surface area (Å²) in [6.07, 6.45) is 4.22. The molecule has 3 aromatic carbocycles. The standard InChI is InChI=1S/C24H20N3O3S/c1-17-8-10-18(11-9-17)22-16-27(24(28)25-20-6-4-3-5-7-20)26-23(22)19-12-14-21(15-13-19)31(2,29)30/h3-15H,1-2H3,(H,25,28). The van der Waals surface area contributed by atoms with Gasteiger partial charge in [0, 0.05) is 23.1 Å². The largest absolute Gasteiger partial charge is 0.347 e. The molecule has 0 aliphatic carbocycles. The van der Waals surface area contributed by atoms with Crippen LogP contribution in [0, 0.1) is 13.1 Å². The second-order valence-corrected chi connectivity index (χ2v) is 9.22. The number of carbonyl (C=O) groups is 1. The quantitative estimate of drug-likeness (QED) is 0.504. The van der Waals surface area contributed by atoms with Crippen LogP contribution in [0.15, 0.2) is 83.8 Å². The number of nitrogens with zero attached hydrogens (tertiary/aromatic N) is 2. The van der Waals surface area contributed by atoms with Crippen molar-refractivity contribution in [3.05, 3.63) is 90.6 Å². The number of aryl methyl sites for hydroxylation is 1. The van der Waals surface area contributed by atoms with E-state index in [0.29, 0.717) is 22.5 Å². The monoisotopic (exact) mass is 430 g/mol. The molecule has 1 heterocycles. The Hall–Kier alpha value is -3.71. The molecule has 0 aliphatic rings. The van der Waals surface area contributed by atoms with Crippen LogP contribution < -0.4 is 5.32 Å². The minimum Gasteiger partial charge on any atom is -0.306 e. The van der Waals surface area contributed by atoms with Crippen LogP contribution in [0.5, 0.6) is 0 Å². The van der Waals surface area contributed by atoms with Gasteiger partial charge in [-0.05, 0) is 36.8 Å². The van der Waals surface area contributed by atoms with Gasteiger partial charge in [-0.3, -0.25) is 0 Å². The van der Waals surface area contributed by atoms with Crippen LogP contribution in [0.4, 0.5) is 10.5 Å². The fraction of sp³-hybridized carbons (Fsp3) is 0.0833. The van der Waals surface area contributed by atoms with Gasteiger partial charge >= 0.3 is 6.03 Å². The van der Waals surface area contributed by atoms with Crippen LogP contribution in [-0.2, 0) is 9.84 Å². The maximum atomic E-state index is 12.8. The summed E-state index contributed by atoms with van der Waals surface area (Å²) in [5.74, 6) is 0. The molecule has 0 unspecified atom stereocenters. The number of para-hydroxylation sites is 1. The third kappa shape index (κ3) is 4.57. The molecule has 0 atom stereocenters. The lowest BCUT2D eigenvalue weighted by atomic mass is 10.0. The number of rotatable bonds is 4. The summed E-state index contributed by atoms with van der Waals surface area (Å²) in [5, 5.41) is 7.26. The van der Waals surface area contributed by atoms with Crippen molar-refractivity contribution in [3.8, 4) is 22.4 Å². The Morgan fingerprint density at radius 2 is 1.52 bits per heavy atom. The van der Waals surface area contributed by atoms with Crippen molar-refractivity contribution in [2.75, 3.05) is 11.6 Å². The Kier molecular flexibility index (Phi) is 5.44. The number of carbonyl (C=O) groups excluding carboxylic acids is 1. The highest BCUT2D eigenvalue weighted by Gasteiger charge is 2.18. The molecular weight excluding hydrogens is 410 g/mol. The second-order valence-electron chi connectivity index (χ2n) is 7.21. The number of anilines is 1. The van der Waals surface area contributed by atoms with Crippen molar-refractivity contribution in [1.82, 2.24) is 9.78 Å². The van der Waals surface area contributed by atoms with Crippen LogP contribution in [0.3, 0.4) is 0 Å². The van der Waals surface area contributed by atoms with E-state index in [1.807, 2.05) is 49.4 Å². The molecule has 0 aliphatic heterocycles. The van der Waals surface area contributed by atoms with E-state index < -0.39 is 15.9 Å². The fourth-order valence-electron chi connectivity index (χ4n) is 3.11. The van der Waals surface area contributed by atoms with Gasteiger partial charge in [0.1, 0.15) is 11.9 Å². The Labute approximate surface area is 181 Å². The number of sulfone groups is 1. The van der Waals surface area contributed by atoms with Crippen molar-refractivity contribution in [2.45, 2.75) is 11.8 Å². The van der Waals surface area contributed by atoms with E-state index in [1.165, 1.54) is 12.1 Å². The average molecular weight is 431 g/mol. The summed E-state index contributed by atoms with van der Waals surface area (Å²) in [5.41, 5.74) is 4.48. The third-order valence-electron chi connectivity index (χ3n) is 4.77. The van der Waals surface area contributed by atoms with Crippen LogP contribution in [0.25, 0.3) is 22.4 Å². The zero-order chi connectivity index (χ0) is 22.0. The predicted molar refractivity (Wildman–Crippen MR) is 121 cm³/mol. The number of nitrogens with one attached hydrogen (secondary N) is 1. The normalized spacial score (nSPS) is 11.3. The summed E-state index contributed by atoms with van der Waals surface area (Å²) >= 11 is 0. The van der Waals surface area contributed by atoms with Gasteiger partial charge in [-0.25, -0.2) is 13.2 Å². The number of hydrogen-bond acceptors (Lipinski definition) is 4. The van der Waals surface area contributed by atoms with E-state index >= 15 is 0 Å². The SMILES string of the molecule is Cc1ccc(-c2[c]n(C(=O)Nc3ccccc3)nc2-c2ccc(S(C)(=O)=O)cc2)cc1. The first-order valence-electron chi connectivity index (χ1n) is 9.57. The van der Waals surface area contributed by atoms with Crippen LogP contribution in [-0.4, -0.2) is 30.5 Å². The molecule has 1 aromatic heterocycles. The van der Waals surface area contributed by atoms with Gasteiger partial charge in [-0.15, -0.1) is 0 Å². The Balaban J connectivity index is 1.77. The molecule has 0 saturated heterocycles. The van der Waals surface area contributed by atoms with Crippen molar-refractivity contribution < 1.29 is 13.2 Å². The van der Waals surface area contributed by atoms with E-state index in [1.54, 1.807) is 24.3 Å². The molecule has 31 heavy (non-hydrogen) atoms. The summed E-state index contributed by atoms with van der Waals surface area (Å²) in [4.78, 5) is 13.0. The first-order chi connectivity index (χ1) is 14.8. The number of hydrogen-bond donors (Lipinski definition) is 1. The summed E-state index contributed by atoms with van der Waals surface area (Å²) < 4.78 is 24.7. The molecule has 4 rings (SSSR count). The Morgan fingerprint density at radius 1 is 0.903 bits per heavy atom. The highest BCUT2D eigenvalue weighted by molar-refractivity contribution is 7.90. The lowest BCUT2D eigenvalue weighted by Crippen LogP contribution is -2.20. The van der Waals surface area contributed by atoms with Crippen LogP contribution >= 0.6 is 0 Å². The minimum absolute atomic E-state index is 0.221. The van der Waals surface area contributed by atoms with E-state index in [-0.39, 0.29) is 4.90 Å². The van der Waals surface area contributed by atoms with Gasteiger partial charge in [0.2, 0.25) is 0 Å². The van der Waals surface area contributed by atoms with E-state index in [0.717, 1.165) is 22.1 Å². The average Bonchev–Trinajstić information content (AvgIpc) is 3.20. The molecule has 0 fully saturated rings. The number of amides is 1. The van der Waals surface area contributed by atoms with Crippen molar-refractivity contribution in [2.24, 2.45) is 0 Å². The van der Waals surface area contributed by atoms with Gasteiger partial charge in [0.05, 0.1) is 4.90 Å². The molecule has 6 nitrogen and oxygen atoms in total. The molecule has 1 N–H and O–H groups in total. The third-order valence-corrected chi connectivity index (χ3v) is 5.90.